The Balaban J connectivity index is 2.72. The van der Waals surface area contributed by atoms with Gasteiger partial charge < -0.3 is 0 Å². The van der Waals surface area contributed by atoms with Crippen LogP contribution >= 0.6 is 8.46 Å². The standard InChI is InChI=1S/C6H6NOP/c8-9-5-6-3-1-2-4-7-6/h1-4H,5H2. The summed E-state index contributed by atoms with van der Waals surface area (Å²) in [5, 5.41) is 0. The van der Waals surface area contributed by atoms with E-state index in [4.69, 9.17) is 0 Å². The van der Waals surface area contributed by atoms with E-state index in [1.165, 1.54) is 0 Å². The summed E-state index contributed by atoms with van der Waals surface area (Å²) in [5.74, 6) is 0. The van der Waals surface area contributed by atoms with Crippen LogP contribution in [-0.2, 0) is 10.7 Å². The molecular formula is C6H6NOP. The minimum atomic E-state index is 0.132. The van der Waals surface area contributed by atoms with Crippen LogP contribution in [0.25, 0.3) is 0 Å². The topological polar surface area (TPSA) is 30.0 Å². The summed E-state index contributed by atoms with van der Waals surface area (Å²) in [6.07, 6.45) is 2.21. The highest BCUT2D eigenvalue weighted by molar-refractivity contribution is 7.22. The van der Waals surface area contributed by atoms with Crippen molar-refractivity contribution in [2.24, 2.45) is 0 Å². The molecule has 46 valence electrons. The third kappa shape index (κ3) is 1.90. The molecule has 0 aliphatic heterocycles. The zero-order valence-electron chi connectivity index (χ0n) is 4.82. The molecule has 0 radical (unpaired) electrons. The fourth-order valence-corrected chi connectivity index (χ4v) is 0.877. The molecule has 0 amide bonds. The number of hydrogen-bond acceptors (Lipinski definition) is 2. The summed E-state index contributed by atoms with van der Waals surface area (Å²) in [6, 6.07) is 5.57. The van der Waals surface area contributed by atoms with Crippen LogP contribution in [0.5, 0.6) is 0 Å². The molecule has 3 heteroatoms. The zero-order chi connectivity index (χ0) is 6.53. The van der Waals surface area contributed by atoms with Gasteiger partial charge in [0.2, 0.25) is 0 Å². The molecular weight excluding hydrogens is 133 g/mol. The lowest BCUT2D eigenvalue weighted by atomic mass is 10.4. The highest BCUT2D eigenvalue weighted by Gasteiger charge is 1.87. The first-order chi connectivity index (χ1) is 4.43. The van der Waals surface area contributed by atoms with Gasteiger partial charge in [-0.25, -0.2) is 0 Å². The molecule has 1 aromatic rings. The van der Waals surface area contributed by atoms with Crippen LogP contribution in [0.2, 0.25) is 0 Å². The Morgan fingerprint density at radius 3 is 3.00 bits per heavy atom. The summed E-state index contributed by atoms with van der Waals surface area (Å²) in [6.45, 7) is 0. The SMILES string of the molecule is O=PCc1ccccn1. The lowest BCUT2D eigenvalue weighted by Gasteiger charge is -1.87. The van der Waals surface area contributed by atoms with Crippen LogP contribution in [0, 0.1) is 0 Å². The molecule has 0 spiro atoms. The molecule has 0 aliphatic rings. The maximum atomic E-state index is 10.0. The zero-order valence-corrected chi connectivity index (χ0v) is 5.71. The number of nitrogens with zero attached hydrogens (tertiary/aromatic N) is 1. The van der Waals surface area contributed by atoms with Crippen molar-refractivity contribution in [3.8, 4) is 0 Å². The van der Waals surface area contributed by atoms with Gasteiger partial charge in [0, 0.05) is 6.20 Å². The van der Waals surface area contributed by atoms with E-state index in [0.717, 1.165) is 5.69 Å². The van der Waals surface area contributed by atoms with Crippen molar-refractivity contribution in [1.29, 1.82) is 0 Å². The fourth-order valence-electron chi connectivity index (χ4n) is 0.558. The van der Waals surface area contributed by atoms with E-state index in [1.807, 2.05) is 18.2 Å². The Morgan fingerprint density at radius 1 is 1.56 bits per heavy atom. The van der Waals surface area contributed by atoms with Crippen LogP contribution in [0.15, 0.2) is 24.4 Å². The first kappa shape index (κ1) is 6.37. The number of pyridine rings is 1. The number of aromatic nitrogens is 1. The van der Waals surface area contributed by atoms with Crippen molar-refractivity contribution in [3.63, 3.8) is 0 Å². The predicted molar refractivity (Wildman–Crippen MR) is 35.5 cm³/mol. The summed E-state index contributed by atoms with van der Waals surface area (Å²) in [7, 11) is 0.132. The maximum absolute atomic E-state index is 10.0. The molecule has 0 aliphatic carbocycles. The minimum absolute atomic E-state index is 0.132. The smallest absolute Gasteiger partial charge is 0.161 e. The minimum Gasteiger partial charge on any atom is -0.275 e. The first-order valence-electron chi connectivity index (χ1n) is 2.62. The summed E-state index contributed by atoms with van der Waals surface area (Å²) in [4.78, 5) is 3.96. The van der Waals surface area contributed by atoms with Gasteiger partial charge in [-0.15, -0.1) is 0 Å². The van der Waals surface area contributed by atoms with Gasteiger partial charge in [-0.05, 0) is 12.1 Å². The Hall–Kier alpha value is -0.750. The summed E-state index contributed by atoms with van der Waals surface area (Å²) >= 11 is 0. The van der Waals surface area contributed by atoms with E-state index in [2.05, 4.69) is 4.98 Å². The average molecular weight is 139 g/mol. The van der Waals surface area contributed by atoms with Gasteiger partial charge in [-0.3, -0.25) is 9.55 Å². The van der Waals surface area contributed by atoms with Crippen molar-refractivity contribution in [2.45, 2.75) is 6.16 Å². The third-order valence-electron chi connectivity index (χ3n) is 0.953. The first-order valence-corrected chi connectivity index (χ1v) is 3.62. The lowest BCUT2D eigenvalue weighted by molar-refractivity contribution is 0.598. The van der Waals surface area contributed by atoms with Crippen molar-refractivity contribution < 1.29 is 4.57 Å². The number of rotatable bonds is 2. The normalized spacial score (nSPS) is 9.78. The van der Waals surface area contributed by atoms with Crippen LogP contribution in [-0.4, -0.2) is 4.98 Å². The van der Waals surface area contributed by atoms with Gasteiger partial charge in [0.1, 0.15) is 0 Å². The van der Waals surface area contributed by atoms with Crippen molar-refractivity contribution in [1.82, 2.24) is 4.98 Å². The monoisotopic (exact) mass is 139 g/mol. The second-order valence-corrected chi connectivity index (χ2v) is 2.18. The van der Waals surface area contributed by atoms with Gasteiger partial charge >= 0.3 is 0 Å². The molecule has 2 nitrogen and oxygen atoms in total. The molecule has 0 saturated heterocycles. The molecule has 1 heterocycles. The van der Waals surface area contributed by atoms with Crippen LogP contribution in [0.1, 0.15) is 5.69 Å². The molecule has 0 unspecified atom stereocenters. The Labute approximate surface area is 55.1 Å². The van der Waals surface area contributed by atoms with Crippen LogP contribution < -0.4 is 0 Å². The lowest BCUT2D eigenvalue weighted by Crippen LogP contribution is -1.79. The molecule has 0 fully saturated rings. The molecule has 1 aromatic heterocycles. The summed E-state index contributed by atoms with van der Waals surface area (Å²) in [5.41, 5.74) is 0.870. The van der Waals surface area contributed by atoms with E-state index < -0.39 is 0 Å². The second kappa shape index (κ2) is 3.31. The average Bonchev–Trinajstić information content (AvgIpc) is 1.91. The van der Waals surface area contributed by atoms with E-state index in [1.54, 1.807) is 6.20 Å². The van der Waals surface area contributed by atoms with E-state index in [9.17, 15) is 4.57 Å². The molecule has 9 heavy (non-hydrogen) atoms. The quantitative estimate of drug-likeness (QED) is 0.585. The molecule has 0 N–H and O–H groups in total. The summed E-state index contributed by atoms with van der Waals surface area (Å²) < 4.78 is 10.0. The Morgan fingerprint density at radius 2 is 2.44 bits per heavy atom. The van der Waals surface area contributed by atoms with Crippen LogP contribution in [0.4, 0.5) is 0 Å². The Kier molecular flexibility index (Phi) is 2.34. The maximum Gasteiger partial charge on any atom is 0.161 e. The fraction of sp³-hybridized carbons (Fsp3) is 0.167. The van der Waals surface area contributed by atoms with Gasteiger partial charge in [-0.1, -0.05) is 6.07 Å². The van der Waals surface area contributed by atoms with Crippen molar-refractivity contribution in [2.75, 3.05) is 0 Å². The molecule has 0 saturated carbocycles. The van der Waals surface area contributed by atoms with Crippen LogP contribution in [0.3, 0.4) is 0 Å². The molecule has 1 rings (SSSR count). The van der Waals surface area contributed by atoms with Crippen molar-refractivity contribution in [3.05, 3.63) is 30.1 Å². The molecule has 0 aromatic carbocycles. The van der Waals surface area contributed by atoms with E-state index in [0.29, 0.717) is 6.16 Å². The predicted octanol–water partition coefficient (Wildman–Crippen LogP) is 1.87. The Bertz CT molecular complexity index is 188. The second-order valence-electron chi connectivity index (χ2n) is 1.61. The molecule has 0 bridgehead atoms. The van der Waals surface area contributed by atoms with Gasteiger partial charge in [0.25, 0.3) is 0 Å². The third-order valence-corrected chi connectivity index (χ3v) is 1.41. The highest BCUT2D eigenvalue weighted by atomic mass is 31.1. The highest BCUT2D eigenvalue weighted by Crippen LogP contribution is 2.03. The number of hydrogen-bond donors (Lipinski definition) is 0. The van der Waals surface area contributed by atoms with Crippen molar-refractivity contribution >= 4 is 8.46 Å². The molecule has 0 atom stereocenters. The van der Waals surface area contributed by atoms with E-state index in [-0.39, 0.29) is 8.46 Å². The van der Waals surface area contributed by atoms with Gasteiger partial charge in [0.05, 0.1) is 11.9 Å². The van der Waals surface area contributed by atoms with Gasteiger partial charge in [0.15, 0.2) is 8.46 Å². The largest absolute Gasteiger partial charge is 0.275 e. The van der Waals surface area contributed by atoms with Gasteiger partial charge in [-0.2, -0.15) is 0 Å². The van der Waals surface area contributed by atoms with E-state index >= 15 is 0 Å².